The molecule has 2 aromatic rings. The van der Waals surface area contributed by atoms with Crippen LogP contribution in [0, 0.1) is 5.92 Å². The lowest BCUT2D eigenvalue weighted by molar-refractivity contribution is 0.344. The Hall–Kier alpha value is -1.25. The van der Waals surface area contributed by atoms with Gasteiger partial charge in [-0.2, -0.15) is 0 Å². The van der Waals surface area contributed by atoms with Gasteiger partial charge in [0.25, 0.3) is 0 Å². The predicted octanol–water partition coefficient (Wildman–Crippen LogP) is 4.97. The maximum absolute atomic E-state index is 2.33. The summed E-state index contributed by atoms with van der Waals surface area (Å²) in [5.74, 6) is 0.744. The van der Waals surface area contributed by atoms with Gasteiger partial charge in [-0.25, -0.2) is 0 Å². The molecule has 0 fully saturated rings. The van der Waals surface area contributed by atoms with Crippen molar-refractivity contribution >= 4 is 22.5 Å². The van der Waals surface area contributed by atoms with Crippen LogP contribution < -0.4 is 0 Å². The van der Waals surface area contributed by atoms with E-state index >= 15 is 0 Å². The number of allylic oxidation sites excluding steroid dienone is 1. The predicted molar refractivity (Wildman–Crippen MR) is 99.4 cm³/mol. The minimum Gasteiger partial charge on any atom is -0.309 e. The van der Waals surface area contributed by atoms with Gasteiger partial charge in [0.1, 0.15) is 0 Å². The number of thioether (sulfide) groups is 1. The van der Waals surface area contributed by atoms with Gasteiger partial charge in [0.2, 0.25) is 0 Å². The van der Waals surface area contributed by atoms with E-state index in [1.54, 1.807) is 0 Å². The topological polar surface area (TPSA) is 3.24 Å². The normalized spacial score (nSPS) is 19.1. The fraction of sp³-hybridized carbons (Fsp3) is 0.400. The molecular weight excluding hydrogens is 286 g/mol. The quantitative estimate of drug-likeness (QED) is 0.741. The van der Waals surface area contributed by atoms with E-state index in [1.807, 2.05) is 11.8 Å². The van der Waals surface area contributed by atoms with Crippen molar-refractivity contribution in [2.75, 3.05) is 20.6 Å². The highest BCUT2D eigenvalue weighted by Crippen LogP contribution is 2.35. The van der Waals surface area contributed by atoms with Gasteiger partial charge in [-0.3, -0.25) is 0 Å². The number of hydrogen-bond donors (Lipinski definition) is 0. The molecule has 0 amide bonds. The molecule has 116 valence electrons. The Morgan fingerprint density at radius 1 is 1.14 bits per heavy atom. The molecule has 0 radical (unpaired) electrons. The lowest BCUT2D eigenvalue weighted by Gasteiger charge is -2.25. The van der Waals surface area contributed by atoms with E-state index in [2.05, 4.69) is 72.9 Å². The molecule has 0 saturated carbocycles. The molecule has 22 heavy (non-hydrogen) atoms. The fourth-order valence-electron chi connectivity index (χ4n) is 3.30. The van der Waals surface area contributed by atoms with Crippen LogP contribution in [0.3, 0.4) is 0 Å². The summed E-state index contributed by atoms with van der Waals surface area (Å²) in [6.45, 7) is 1.17. The fourth-order valence-corrected chi connectivity index (χ4v) is 4.40. The van der Waals surface area contributed by atoms with E-state index in [4.69, 9.17) is 0 Å². The Morgan fingerprint density at radius 2 is 1.95 bits per heavy atom. The third-order valence-electron chi connectivity index (χ3n) is 4.55. The zero-order chi connectivity index (χ0) is 15.4. The molecule has 0 aliphatic carbocycles. The number of hydrogen-bond acceptors (Lipinski definition) is 2. The van der Waals surface area contributed by atoms with Crippen molar-refractivity contribution in [1.82, 2.24) is 4.90 Å². The number of fused-ring (bicyclic) bond motifs is 1. The van der Waals surface area contributed by atoms with Gasteiger partial charge < -0.3 is 4.90 Å². The Kier molecular flexibility index (Phi) is 5.22. The summed E-state index contributed by atoms with van der Waals surface area (Å²) in [6, 6.07) is 15.5. The Labute approximate surface area is 138 Å². The number of benzene rings is 2. The third kappa shape index (κ3) is 3.74. The van der Waals surface area contributed by atoms with Gasteiger partial charge in [-0.1, -0.05) is 48.5 Å². The third-order valence-corrected chi connectivity index (χ3v) is 5.83. The summed E-state index contributed by atoms with van der Waals surface area (Å²) in [4.78, 5) is 2.31. The van der Waals surface area contributed by atoms with Gasteiger partial charge in [-0.15, -0.1) is 11.8 Å². The molecule has 2 atom stereocenters. The lowest BCUT2D eigenvalue weighted by Crippen LogP contribution is -2.24. The second-order valence-electron chi connectivity index (χ2n) is 6.48. The average Bonchev–Trinajstić information content (AvgIpc) is 3.05. The first kappa shape index (κ1) is 15.6. The van der Waals surface area contributed by atoms with E-state index < -0.39 is 0 Å². The molecule has 1 aliphatic rings. The van der Waals surface area contributed by atoms with Crippen molar-refractivity contribution in [2.24, 2.45) is 5.92 Å². The summed E-state index contributed by atoms with van der Waals surface area (Å²) in [7, 11) is 4.35. The van der Waals surface area contributed by atoms with Gasteiger partial charge in [-0.05, 0) is 67.6 Å². The maximum Gasteiger partial charge on any atom is 0.0155 e. The van der Waals surface area contributed by atoms with E-state index in [9.17, 15) is 0 Å². The molecule has 1 aliphatic heterocycles. The minimum absolute atomic E-state index is 0.744. The zero-order valence-electron chi connectivity index (χ0n) is 13.5. The van der Waals surface area contributed by atoms with Crippen LogP contribution in [0.2, 0.25) is 0 Å². The van der Waals surface area contributed by atoms with Crippen molar-refractivity contribution in [1.29, 1.82) is 0 Å². The van der Waals surface area contributed by atoms with Crippen LogP contribution in [0.1, 0.15) is 18.4 Å². The standard InChI is InChI=1S/C20H25NS/c1-21(2)13-12-18(20-11-6-14-22-20)15-17-9-5-8-16-7-3-4-10-19(16)17/h3-10,14,18,20H,11-13,15H2,1-2H3. The zero-order valence-corrected chi connectivity index (χ0v) is 14.4. The van der Waals surface area contributed by atoms with Gasteiger partial charge in [0, 0.05) is 5.25 Å². The Morgan fingerprint density at radius 3 is 2.73 bits per heavy atom. The first-order chi connectivity index (χ1) is 10.7. The van der Waals surface area contributed by atoms with Crippen LogP contribution in [0.15, 0.2) is 53.9 Å². The van der Waals surface area contributed by atoms with E-state index in [1.165, 1.54) is 42.1 Å². The molecule has 2 unspecified atom stereocenters. The van der Waals surface area contributed by atoms with Crippen LogP contribution in [0.4, 0.5) is 0 Å². The van der Waals surface area contributed by atoms with Crippen LogP contribution in [0.5, 0.6) is 0 Å². The molecule has 2 heteroatoms. The van der Waals surface area contributed by atoms with Gasteiger partial charge >= 0.3 is 0 Å². The summed E-state index contributed by atoms with van der Waals surface area (Å²) < 4.78 is 0. The second kappa shape index (κ2) is 7.34. The van der Waals surface area contributed by atoms with Crippen molar-refractivity contribution in [3.05, 3.63) is 59.5 Å². The molecule has 0 bridgehead atoms. The molecule has 3 rings (SSSR count). The SMILES string of the molecule is CN(C)CCC(Cc1cccc2ccccc12)C1CC=CS1. The minimum atomic E-state index is 0.744. The van der Waals surface area contributed by atoms with Crippen LogP contribution in [-0.4, -0.2) is 30.8 Å². The summed E-state index contributed by atoms with van der Waals surface area (Å²) >= 11 is 2.03. The molecule has 1 nitrogen and oxygen atoms in total. The van der Waals surface area contributed by atoms with Crippen LogP contribution in [0.25, 0.3) is 10.8 Å². The summed E-state index contributed by atoms with van der Waals surface area (Å²) in [5, 5.41) is 5.83. The van der Waals surface area contributed by atoms with Crippen LogP contribution >= 0.6 is 11.8 Å². The van der Waals surface area contributed by atoms with Crippen molar-refractivity contribution in [3.63, 3.8) is 0 Å². The summed E-state index contributed by atoms with van der Waals surface area (Å²) in [6.07, 6.45) is 6.03. The second-order valence-corrected chi connectivity index (χ2v) is 7.63. The molecule has 1 heterocycles. The molecular formula is C20H25NS. The molecule has 0 aromatic heterocycles. The van der Waals surface area contributed by atoms with E-state index in [-0.39, 0.29) is 0 Å². The first-order valence-electron chi connectivity index (χ1n) is 8.16. The van der Waals surface area contributed by atoms with E-state index in [0.717, 1.165) is 11.2 Å². The van der Waals surface area contributed by atoms with Crippen molar-refractivity contribution < 1.29 is 0 Å². The van der Waals surface area contributed by atoms with Crippen molar-refractivity contribution in [3.8, 4) is 0 Å². The van der Waals surface area contributed by atoms with Gasteiger partial charge in [0.05, 0.1) is 0 Å². The van der Waals surface area contributed by atoms with E-state index in [0.29, 0.717) is 0 Å². The maximum atomic E-state index is 2.33. The largest absolute Gasteiger partial charge is 0.309 e. The highest BCUT2D eigenvalue weighted by atomic mass is 32.2. The number of rotatable bonds is 6. The highest BCUT2D eigenvalue weighted by Gasteiger charge is 2.23. The van der Waals surface area contributed by atoms with Gasteiger partial charge in [0.15, 0.2) is 0 Å². The molecule has 0 saturated heterocycles. The average molecular weight is 311 g/mol. The molecule has 0 spiro atoms. The van der Waals surface area contributed by atoms with Crippen LogP contribution in [-0.2, 0) is 6.42 Å². The smallest absolute Gasteiger partial charge is 0.0155 e. The first-order valence-corrected chi connectivity index (χ1v) is 9.10. The molecule has 0 N–H and O–H groups in total. The Bertz CT molecular complexity index is 634. The highest BCUT2D eigenvalue weighted by molar-refractivity contribution is 8.03. The lowest BCUT2D eigenvalue weighted by atomic mass is 9.89. The number of nitrogens with zero attached hydrogens (tertiary/aromatic N) is 1. The summed E-state index contributed by atoms with van der Waals surface area (Å²) in [5.41, 5.74) is 1.51. The molecule has 2 aromatic carbocycles. The monoisotopic (exact) mass is 311 g/mol. The Balaban J connectivity index is 1.81. The van der Waals surface area contributed by atoms with Crippen molar-refractivity contribution in [2.45, 2.75) is 24.5 Å².